The van der Waals surface area contributed by atoms with Crippen LogP contribution in [-0.2, 0) is 4.79 Å². The molecule has 0 unspecified atom stereocenters. The fraction of sp³-hybridized carbons (Fsp3) is 0.167. The second-order valence-electron chi connectivity index (χ2n) is 1.97. The zero-order chi connectivity index (χ0) is 12.1. The molecule has 0 saturated carbocycles. The topological polar surface area (TPSA) is 63.1 Å². The average Bonchev–Trinajstić information content (AvgIpc) is 2.02. The Kier molecular flexibility index (Phi) is 5.31. The molecule has 1 heterocycles. The number of carbonyl (C=O) groups is 1. The van der Waals surface area contributed by atoms with E-state index in [9.17, 15) is 13.2 Å². The van der Waals surface area contributed by atoms with Crippen LogP contribution in [-0.4, -0.2) is 27.2 Å². The maximum Gasteiger partial charge on any atom is 0.490 e. The third-order valence-corrected chi connectivity index (χ3v) is 1.18. The highest BCUT2D eigenvalue weighted by Crippen LogP contribution is 2.13. The quantitative estimate of drug-likeness (QED) is 0.780. The van der Waals surface area contributed by atoms with Crippen molar-refractivity contribution in [1.82, 2.24) is 9.97 Å². The van der Waals surface area contributed by atoms with Gasteiger partial charge in [0.1, 0.15) is 10.3 Å². The summed E-state index contributed by atoms with van der Waals surface area (Å²) >= 11 is 10.8. The minimum absolute atomic E-state index is 0.317. The van der Waals surface area contributed by atoms with E-state index >= 15 is 0 Å². The van der Waals surface area contributed by atoms with Crippen LogP contribution in [0.5, 0.6) is 0 Å². The summed E-state index contributed by atoms with van der Waals surface area (Å²) in [7, 11) is 0. The average molecular weight is 263 g/mol. The van der Waals surface area contributed by atoms with Gasteiger partial charge in [0.2, 0.25) is 0 Å². The molecule has 15 heavy (non-hydrogen) atoms. The number of rotatable bonds is 0. The summed E-state index contributed by atoms with van der Waals surface area (Å²) in [4.78, 5) is 16.2. The molecular weight excluding hydrogens is 260 g/mol. The number of carboxylic acids is 1. The molecule has 0 fully saturated rings. The lowest BCUT2D eigenvalue weighted by atomic mass is 10.7. The maximum atomic E-state index is 10.6. The molecule has 0 aromatic carbocycles. The Morgan fingerprint density at radius 3 is 1.73 bits per heavy atom. The molecule has 0 radical (unpaired) electrons. The number of carboxylic acid groups (broad SMARTS) is 1. The fourth-order valence-corrected chi connectivity index (χ4v) is 0.658. The van der Waals surface area contributed by atoms with Gasteiger partial charge in [0.15, 0.2) is 0 Å². The number of nitrogens with zero attached hydrogens (tertiary/aromatic N) is 2. The molecule has 9 heteroatoms. The molecule has 0 aliphatic heterocycles. The van der Waals surface area contributed by atoms with E-state index in [0.717, 1.165) is 0 Å². The monoisotopic (exact) mass is 262 g/mol. The van der Waals surface area contributed by atoms with Crippen molar-refractivity contribution in [2.45, 2.75) is 6.18 Å². The van der Waals surface area contributed by atoms with E-state index in [1.54, 1.807) is 0 Å². The first kappa shape index (κ1) is 13.9. The Bertz CT molecular complexity index is 328. The molecule has 0 bridgehead atoms. The second-order valence-corrected chi connectivity index (χ2v) is 2.74. The molecule has 0 atom stereocenters. The number of aliphatic carboxylic acids is 1. The van der Waals surface area contributed by atoms with Gasteiger partial charge < -0.3 is 5.11 Å². The van der Waals surface area contributed by atoms with Crippen molar-refractivity contribution in [2.75, 3.05) is 0 Å². The number of hydrogen-bond acceptors (Lipinski definition) is 3. The maximum absolute atomic E-state index is 10.6. The first-order chi connectivity index (χ1) is 6.73. The summed E-state index contributed by atoms with van der Waals surface area (Å²) in [6.07, 6.45) is -2.24. The van der Waals surface area contributed by atoms with Crippen molar-refractivity contribution in [3.05, 3.63) is 22.7 Å². The van der Waals surface area contributed by atoms with Crippen molar-refractivity contribution in [2.24, 2.45) is 0 Å². The van der Waals surface area contributed by atoms with Crippen molar-refractivity contribution in [3.8, 4) is 0 Å². The van der Waals surface area contributed by atoms with Gasteiger partial charge >= 0.3 is 12.1 Å². The summed E-state index contributed by atoms with van der Waals surface area (Å²) in [6.45, 7) is 0. The molecule has 84 valence electrons. The van der Waals surface area contributed by atoms with Crippen LogP contribution in [0.1, 0.15) is 0 Å². The summed E-state index contributed by atoms with van der Waals surface area (Å²) in [5.74, 6) is -2.76. The molecule has 1 aromatic heterocycles. The van der Waals surface area contributed by atoms with Gasteiger partial charge in [0, 0.05) is 0 Å². The predicted molar refractivity (Wildman–Crippen MR) is 45.7 cm³/mol. The molecular formula is C6H3Cl2F3N2O2. The lowest BCUT2D eigenvalue weighted by Gasteiger charge is -1.93. The van der Waals surface area contributed by atoms with Gasteiger partial charge in [-0.05, 0) is 0 Å². The van der Waals surface area contributed by atoms with Gasteiger partial charge in [-0.3, -0.25) is 4.98 Å². The SMILES string of the molecule is Clc1cncc(Cl)n1.O=C(O)C(F)(F)F. The summed E-state index contributed by atoms with van der Waals surface area (Å²) in [5, 5.41) is 7.76. The van der Waals surface area contributed by atoms with Crippen LogP contribution in [0.25, 0.3) is 0 Å². The molecule has 0 saturated heterocycles. The Hall–Kier alpha value is -1.08. The first-order valence-corrected chi connectivity index (χ1v) is 3.92. The molecule has 0 amide bonds. The third kappa shape index (κ3) is 6.92. The molecule has 0 aliphatic carbocycles. The zero-order valence-electron chi connectivity index (χ0n) is 6.79. The smallest absolute Gasteiger partial charge is 0.475 e. The standard InChI is InChI=1S/C4H2Cl2N2.C2HF3O2/c5-3-1-7-2-4(6)8-3;3-2(4,5)1(6)7/h1-2H;(H,6,7). The summed E-state index contributed by atoms with van der Waals surface area (Å²) in [5.41, 5.74) is 0. The summed E-state index contributed by atoms with van der Waals surface area (Å²) < 4.78 is 31.7. The largest absolute Gasteiger partial charge is 0.490 e. The Morgan fingerprint density at radius 1 is 1.27 bits per heavy atom. The number of alkyl halides is 3. The van der Waals surface area contributed by atoms with E-state index < -0.39 is 12.1 Å². The van der Waals surface area contributed by atoms with Crippen LogP contribution in [0, 0.1) is 0 Å². The van der Waals surface area contributed by atoms with Crippen LogP contribution in [0.15, 0.2) is 12.4 Å². The van der Waals surface area contributed by atoms with Crippen molar-refractivity contribution in [1.29, 1.82) is 0 Å². The molecule has 0 spiro atoms. The van der Waals surface area contributed by atoms with E-state index in [-0.39, 0.29) is 0 Å². The van der Waals surface area contributed by atoms with Gasteiger partial charge in [0.05, 0.1) is 12.4 Å². The fourth-order valence-electron chi connectivity index (χ4n) is 0.320. The zero-order valence-corrected chi connectivity index (χ0v) is 8.31. The number of hydrogen-bond donors (Lipinski definition) is 1. The van der Waals surface area contributed by atoms with Crippen LogP contribution < -0.4 is 0 Å². The van der Waals surface area contributed by atoms with Crippen molar-refractivity contribution < 1.29 is 23.1 Å². The van der Waals surface area contributed by atoms with Gasteiger partial charge in [0.25, 0.3) is 0 Å². The van der Waals surface area contributed by atoms with Gasteiger partial charge in [-0.2, -0.15) is 13.2 Å². The molecule has 1 rings (SSSR count). The molecule has 0 aliphatic rings. The first-order valence-electron chi connectivity index (χ1n) is 3.16. The van der Waals surface area contributed by atoms with E-state index in [0.29, 0.717) is 10.3 Å². The minimum atomic E-state index is -5.08. The van der Waals surface area contributed by atoms with Crippen molar-refractivity contribution in [3.63, 3.8) is 0 Å². The van der Waals surface area contributed by atoms with Crippen LogP contribution in [0.3, 0.4) is 0 Å². The molecule has 1 N–H and O–H groups in total. The van der Waals surface area contributed by atoms with E-state index in [4.69, 9.17) is 33.1 Å². The molecule has 4 nitrogen and oxygen atoms in total. The van der Waals surface area contributed by atoms with Crippen LogP contribution >= 0.6 is 23.2 Å². The van der Waals surface area contributed by atoms with Gasteiger partial charge in [-0.15, -0.1) is 0 Å². The normalized spacial score (nSPS) is 10.2. The summed E-state index contributed by atoms with van der Waals surface area (Å²) in [6, 6.07) is 0. The third-order valence-electron chi connectivity index (χ3n) is 0.818. The highest BCUT2D eigenvalue weighted by molar-refractivity contribution is 6.32. The highest BCUT2D eigenvalue weighted by atomic mass is 35.5. The molecule has 1 aromatic rings. The van der Waals surface area contributed by atoms with Crippen LogP contribution in [0.2, 0.25) is 10.3 Å². The lowest BCUT2D eigenvalue weighted by Crippen LogP contribution is -2.21. The Morgan fingerprint density at radius 2 is 1.60 bits per heavy atom. The number of aromatic nitrogens is 2. The highest BCUT2D eigenvalue weighted by Gasteiger charge is 2.38. The Balaban J connectivity index is 0.000000265. The minimum Gasteiger partial charge on any atom is -0.475 e. The van der Waals surface area contributed by atoms with Gasteiger partial charge in [-0.1, -0.05) is 23.2 Å². The predicted octanol–water partition coefficient (Wildman–Crippen LogP) is 2.42. The Labute approximate surface area is 91.7 Å². The van der Waals surface area contributed by atoms with Crippen molar-refractivity contribution >= 4 is 29.2 Å². The second kappa shape index (κ2) is 5.72. The number of halogens is 5. The van der Waals surface area contributed by atoms with E-state index in [1.165, 1.54) is 12.4 Å². The van der Waals surface area contributed by atoms with E-state index in [2.05, 4.69) is 9.97 Å². The van der Waals surface area contributed by atoms with Gasteiger partial charge in [-0.25, -0.2) is 9.78 Å². The van der Waals surface area contributed by atoms with Crippen LogP contribution in [0.4, 0.5) is 13.2 Å². The lowest BCUT2D eigenvalue weighted by molar-refractivity contribution is -0.192. The van der Waals surface area contributed by atoms with E-state index in [1.807, 2.05) is 0 Å².